The Labute approximate surface area is 178 Å². The smallest absolute Gasteiger partial charge is 0.268 e. The molecule has 0 bridgehead atoms. The number of rotatable bonds is 4. The SMILES string of the molecule is Cc1cc(C)cc(-n2c(SCc3cccc(Cl)c3)nc3c(c2=O)SC(C)C3)c1. The molecule has 4 rings (SSSR count). The van der Waals surface area contributed by atoms with Gasteiger partial charge in [0.15, 0.2) is 5.16 Å². The van der Waals surface area contributed by atoms with Gasteiger partial charge in [0, 0.05) is 22.4 Å². The molecule has 2 heterocycles. The highest BCUT2D eigenvalue weighted by atomic mass is 35.5. The first-order valence-electron chi connectivity index (χ1n) is 9.19. The van der Waals surface area contributed by atoms with E-state index >= 15 is 0 Å². The Balaban J connectivity index is 1.81. The van der Waals surface area contributed by atoms with Crippen LogP contribution in [0.3, 0.4) is 0 Å². The normalized spacial score (nSPS) is 15.6. The minimum absolute atomic E-state index is 0.0398. The zero-order valence-electron chi connectivity index (χ0n) is 16.0. The Bertz CT molecular complexity index is 1090. The van der Waals surface area contributed by atoms with E-state index in [2.05, 4.69) is 39.0 Å². The number of aryl methyl sites for hydroxylation is 2. The molecule has 0 spiro atoms. The van der Waals surface area contributed by atoms with Crippen LogP contribution in [0.2, 0.25) is 5.02 Å². The van der Waals surface area contributed by atoms with E-state index < -0.39 is 0 Å². The highest BCUT2D eigenvalue weighted by Gasteiger charge is 2.27. The monoisotopic (exact) mass is 428 g/mol. The van der Waals surface area contributed by atoms with Gasteiger partial charge in [-0.15, -0.1) is 11.8 Å². The number of hydrogen-bond donors (Lipinski definition) is 0. The summed E-state index contributed by atoms with van der Waals surface area (Å²) >= 11 is 9.34. The van der Waals surface area contributed by atoms with Crippen LogP contribution in [0.1, 0.15) is 29.3 Å². The van der Waals surface area contributed by atoms with E-state index in [-0.39, 0.29) is 5.56 Å². The molecule has 0 fully saturated rings. The van der Waals surface area contributed by atoms with E-state index in [0.717, 1.165) is 49.6 Å². The molecule has 0 amide bonds. The minimum atomic E-state index is 0.0398. The largest absolute Gasteiger partial charge is 0.272 e. The summed E-state index contributed by atoms with van der Waals surface area (Å²) in [5.41, 5.74) is 5.23. The minimum Gasteiger partial charge on any atom is -0.268 e. The van der Waals surface area contributed by atoms with E-state index in [4.69, 9.17) is 16.6 Å². The summed E-state index contributed by atoms with van der Waals surface area (Å²) in [4.78, 5) is 19.1. The van der Waals surface area contributed by atoms with Crippen LogP contribution in [-0.4, -0.2) is 14.8 Å². The van der Waals surface area contributed by atoms with Crippen LogP contribution >= 0.6 is 35.1 Å². The third kappa shape index (κ3) is 4.02. The summed E-state index contributed by atoms with van der Waals surface area (Å²) in [7, 11) is 0. The third-order valence-corrected chi connectivity index (χ3v) is 7.06. The number of aromatic nitrogens is 2. The predicted octanol–water partition coefficient (Wildman–Crippen LogP) is 5.83. The zero-order chi connectivity index (χ0) is 19.8. The fraction of sp³-hybridized carbons (Fsp3) is 0.273. The standard InChI is InChI=1S/C22H21ClN2OS2/c1-13-7-14(2)9-18(8-13)25-21(26)20-19(10-15(3)28-20)24-22(25)27-12-16-5-4-6-17(23)11-16/h4-9,11,15H,10,12H2,1-3H3. The van der Waals surface area contributed by atoms with Gasteiger partial charge in [0.2, 0.25) is 0 Å². The maximum absolute atomic E-state index is 13.4. The Morgan fingerprint density at radius 2 is 1.96 bits per heavy atom. The Morgan fingerprint density at radius 3 is 2.68 bits per heavy atom. The van der Waals surface area contributed by atoms with Gasteiger partial charge < -0.3 is 0 Å². The molecule has 0 saturated heterocycles. The van der Waals surface area contributed by atoms with E-state index in [9.17, 15) is 4.79 Å². The average Bonchev–Trinajstić information content (AvgIpc) is 3.00. The van der Waals surface area contributed by atoms with E-state index in [0.29, 0.717) is 11.0 Å². The number of benzene rings is 2. The summed E-state index contributed by atoms with van der Waals surface area (Å²) in [6.07, 6.45) is 0.841. The maximum Gasteiger partial charge on any atom is 0.272 e. The number of fused-ring (bicyclic) bond motifs is 1. The zero-order valence-corrected chi connectivity index (χ0v) is 18.4. The molecular formula is C22H21ClN2OS2. The van der Waals surface area contributed by atoms with Gasteiger partial charge in [-0.2, -0.15) is 0 Å². The average molecular weight is 429 g/mol. The lowest BCUT2D eigenvalue weighted by atomic mass is 10.1. The summed E-state index contributed by atoms with van der Waals surface area (Å²) in [5.74, 6) is 0.708. The molecule has 1 aliphatic rings. The fourth-order valence-electron chi connectivity index (χ4n) is 3.48. The molecule has 1 aromatic heterocycles. The molecule has 28 heavy (non-hydrogen) atoms. The summed E-state index contributed by atoms with van der Waals surface area (Å²) in [6, 6.07) is 14.0. The molecule has 0 radical (unpaired) electrons. The molecule has 1 atom stereocenters. The van der Waals surface area contributed by atoms with Gasteiger partial charge in [-0.3, -0.25) is 9.36 Å². The van der Waals surface area contributed by atoms with Gasteiger partial charge in [-0.05, 0) is 54.8 Å². The Morgan fingerprint density at radius 1 is 1.21 bits per heavy atom. The second-order valence-electron chi connectivity index (χ2n) is 7.21. The molecule has 0 N–H and O–H groups in total. The first-order valence-corrected chi connectivity index (χ1v) is 11.4. The van der Waals surface area contributed by atoms with Gasteiger partial charge in [0.25, 0.3) is 5.56 Å². The molecule has 0 saturated carbocycles. The lowest BCUT2D eigenvalue weighted by molar-refractivity contribution is 0.730. The highest BCUT2D eigenvalue weighted by Crippen LogP contribution is 2.35. The van der Waals surface area contributed by atoms with Gasteiger partial charge in [-0.25, -0.2) is 4.98 Å². The molecule has 144 valence electrons. The second-order valence-corrected chi connectivity index (χ2v) is 10.0. The summed E-state index contributed by atoms with van der Waals surface area (Å²) < 4.78 is 1.78. The van der Waals surface area contributed by atoms with Gasteiger partial charge in [-0.1, -0.05) is 48.5 Å². The molecule has 3 nitrogen and oxygen atoms in total. The van der Waals surface area contributed by atoms with E-state index in [1.54, 1.807) is 28.1 Å². The van der Waals surface area contributed by atoms with E-state index in [1.807, 2.05) is 24.3 Å². The van der Waals surface area contributed by atoms with Crippen LogP contribution in [0.25, 0.3) is 5.69 Å². The fourth-order valence-corrected chi connectivity index (χ4v) is 5.76. The van der Waals surface area contributed by atoms with Crippen molar-refractivity contribution in [2.45, 2.75) is 48.2 Å². The second kappa shape index (κ2) is 7.97. The molecule has 1 unspecified atom stereocenters. The van der Waals surface area contributed by atoms with Crippen molar-refractivity contribution in [3.63, 3.8) is 0 Å². The Kier molecular flexibility index (Phi) is 5.59. The number of nitrogens with zero attached hydrogens (tertiary/aromatic N) is 2. The molecular weight excluding hydrogens is 408 g/mol. The van der Waals surface area contributed by atoms with Crippen molar-refractivity contribution >= 4 is 35.1 Å². The van der Waals surface area contributed by atoms with Gasteiger partial charge in [0.1, 0.15) is 0 Å². The van der Waals surface area contributed by atoms with Crippen molar-refractivity contribution < 1.29 is 0 Å². The lowest BCUT2D eigenvalue weighted by Crippen LogP contribution is -2.24. The molecule has 1 aliphatic heterocycles. The number of thioether (sulfide) groups is 2. The van der Waals surface area contributed by atoms with Crippen LogP contribution in [-0.2, 0) is 12.2 Å². The van der Waals surface area contributed by atoms with Crippen molar-refractivity contribution in [1.82, 2.24) is 9.55 Å². The van der Waals surface area contributed by atoms with Crippen molar-refractivity contribution in [3.05, 3.63) is 80.2 Å². The third-order valence-electron chi connectivity index (χ3n) is 4.60. The number of hydrogen-bond acceptors (Lipinski definition) is 4. The molecule has 2 aromatic carbocycles. The van der Waals surface area contributed by atoms with Crippen molar-refractivity contribution in [1.29, 1.82) is 0 Å². The predicted molar refractivity (Wildman–Crippen MR) is 119 cm³/mol. The molecule has 3 aromatic rings. The summed E-state index contributed by atoms with van der Waals surface area (Å²) in [6.45, 7) is 6.25. The summed E-state index contributed by atoms with van der Waals surface area (Å²) in [5, 5.41) is 1.84. The van der Waals surface area contributed by atoms with Crippen LogP contribution in [0.5, 0.6) is 0 Å². The molecule has 6 heteroatoms. The first-order chi connectivity index (χ1) is 13.4. The number of halogens is 1. The van der Waals surface area contributed by atoms with Crippen LogP contribution in [0, 0.1) is 13.8 Å². The Hall–Kier alpha value is -1.69. The lowest BCUT2D eigenvalue weighted by Gasteiger charge is -2.15. The molecule has 0 aliphatic carbocycles. The van der Waals surface area contributed by atoms with E-state index in [1.165, 1.54) is 0 Å². The van der Waals surface area contributed by atoms with Gasteiger partial charge in [0.05, 0.1) is 16.3 Å². The van der Waals surface area contributed by atoms with Crippen LogP contribution in [0.4, 0.5) is 0 Å². The highest BCUT2D eigenvalue weighted by molar-refractivity contribution is 8.00. The van der Waals surface area contributed by atoms with Crippen LogP contribution < -0.4 is 5.56 Å². The van der Waals surface area contributed by atoms with Crippen molar-refractivity contribution in [2.24, 2.45) is 0 Å². The van der Waals surface area contributed by atoms with Gasteiger partial charge >= 0.3 is 0 Å². The first kappa shape index (κ1) is 19.6. The van der Waals surface area contributed by atoms with Crippen molar-refractivity contribution in [3.8, 4) is 5.69 Å². The van der Waals surface area contributed by atoms with Crippen molar-refractivity contribution in [2.75, 3.05) is 0 Å². The quantitative estimate of drug-likeness (QED) is 0.386. The van der Waals surface area contributed by atoms with Crippen LogP contribution in [0.15, 0.2) is 57.3 Å². The topological polar surface area (TPSA) is 34.9 Å². The maximum atomic E-state index is 13.4.